The third-order valence-electron chi connectivity index (χ3n) is 5.85. The van der Waals surface area contributed by atoms with Gasteiger partial charge in [0.1, 0.15) is 5.82 Å². The van der Waals surface area contributed by atoms with Gasteiger partial charge in [-0.15, -0.1) is 0 Å². The van der Waals surface area contributed by atoms with Crippen molar-refractivity contribution in [3.05, 3.63) is 71.0 Å². The van der Waals surface area contributed by atoms with E-state index in [0.717, 1.165) is 30.0 Å². The van der Waals surface area contributed by atoms with E-state index < -0.39 is 0 Å². The number of benzene rings is 1. The summed E-state index contributed by atoms with van der Waals surface area (Å²) in [4.78, 5) is 26.2. The van der Waals surface area contributed by atoms with E-state index in [-0.39, 0.29) is 11.4 Å². The molecule has 0 aliphatic carbocycles. The van der Waals surface area contributed by atoms with Crippen LogP contribution in [0.15, 0.2) is 69.3 Å². The molecule has 1 aromatic carbocycles. The Kier molecular flexibility index (Phi) is 5.43. The molecule has 3 aromatic heterocycles. The molecule has 1 saturated heterocycles. The van der Waals surface area contributed by atoms with Crippen molar-refractivity contribution in [2.45, 2.75) is 25.9 Å². The number of H-pyrrole nitrogens is 1. The van der Waals surface area contributed by atoms with Gasteiger partial charge < -0.3 is 19.7 Å². The van der Waals surface area contributed by atoms with Crippen molar-refractivity contribution in [1.29, 1.82) is 0 Å². The molecule has 8 nitrogen and oxygen atoms in total. The van der Waals surface area contributed by atoms with Gasteiger partial charge in [-0.1, -0.05) is 6.07 Å². The summed E-state index contributed by atoms with van der Waals surface area (Å²) in [5.74, 6) is 0.685. The van der Waals surface area contributed by atoms with Crippen LogP contribution in [0.25, 0.3) is 21.9 Å². The summed E-state index contributed by atoms with van der Waals surface area (Å²) in [6, 6.07) is 11.9. The number of piperazine rings is 1. The first-order valence-corrected chi connectivity index (χ1v) is 10.9. The molecule has 0 radical (unpaired) electrons. The molecule has 5 rings (SSSR count). The molecule has 1 aliphatic rings. The van der Waals surface area contributed by atoms with Gasteiger partial charge in [0, 0.05) is 47.7 Å². The van der Waals surface area contributed by atoms with E-state index in [1.165, 1.54) is 0 Å². The summed E-state index contributed by atoms with van der Waals surface area (Å²) in [5, 5.41) is 15.1. The molecule has 0 amide bonds. The van der Waals surface area contributed by atoms with E-state index in [1.54, 1.807) is 31.0 Å². The fourth-order valence-electron chi connectivity index (χ4n) is 4.37. The molecular weight excluding hydrogens is 418 g/mol. The van der Waals surface area contributed by atoms with Gasteiger partial charge in [-0.2, -0.15) is 0 Å². The SMILES string of the molecule is C[C@@H]1CN(c2ccc(N=Cc3c(O)[nH]c(=O)c4ccc(-c5ccoc5)cc34)cn2)C[C@H](C)N1. The topological polar surface area (TPSA) is 107 Å². The summed E-state index contributed by atoms with van der Waals surface area (Å²) >= 11 is 0. The smallest absolute Gasteiger partial charge is 0.258 e. The maximum atomic E-state index is 12.4. The molecule has 0 saturated carbocycles. The van der Waals surface area contributed by atoms with Crippen LogP contribution < -0.4 is 15.8 Å². The zero-order chi connectivity index (χ0) is 22.9. The maximum Gasteiger partial charge on any atom is 0.258 e. The van der Waals surface area contributed by atoms with Crippen LogP contribution in [0.4, 0.5) is 11.5 Å². The Hall–Kier alpha value is -3.91. The number of anilines is 1. The summed E-state index contributed by atoms with van der Waals surface area (Å²) in [6.45, 7) is 6.13. The number of pyridine rings is 2. The van der Waals surface area contributed by atoms with Crippen LogP contribution in [0, 0.1) is 0 Å². The van der Waals surface area contributed by atoms with Crippen molar-refractivity contribution in [3.8, 4) is 17.0 Å². The molecule has 33 heavy (non-hydrogen) atoms. The number of nitrogens with zero attached hydrogens (tertiary/aromatic N) is 3. The number of rotatable bonds is 4. The van der Waals surface area contributed by atoms with Gasteiger partial charge in [0.05, 0.1) is 30.0 Å². The Labute approximate surface area is 190 Å². The van der Waals surface area contributed by atoms with E-state index in [1.807, 2.05) is 30.3 Å². The number of hydrogen-bond acceptors (Lipinski definition) is 7. The Morgan fingerprint density at radius 1 is 1.12 bits per heavy atom. The fourth-order valence-corrected chi connectivity index (χ4v) is 4.37. The molecule has 4 aromatic rings. The number of hydrogen-bond donors (Lipinski definition) is 3. The molecule has 0 unspecified atom stereocenters. The van der Waals surface area contributed by atoms with Gasteiger partial charge in [0.2, 0.25) is 5.88 Å². The molecule has 8 heteroatoms. The molecular formula is C25H25N5O3. The van der Waals surface area contributed by atoms with Gasteiger partial charge in [0.25, 0.3) is 5.56 Å². The predicted octanol–water partition coefficient (Wildman–Crippen LogP) is 3.83. The van der Waals surface area contributed by atoms with Gasteiger partial charge in [-0.3, -0.25) is 14.8 Å². The van der Waals surface area contributed by atoms with E-state index in [4.69, 9.17) is 4.42 Å². The third kappa shape index (κ3) is 4.25. The molecule has 3 N–H and O–H groups in total. The monoisotopic (exact) mass is 443 g/mol. The normalized spacial score (nSPS) is 18.9. The largest absolute Gasteiger partial charge is 0.494 e. The minimum absolute atomic E-state index is 0.228. The highest BCUT2D eigenvalue weighted by Gasteiger charge is 2.21. The average Bonchev–Trinajstić information content (AvgIpc) is 3.33. The van der Waals surface area contributed by atoms with Crippen molar-refractivity contribution in [3.63, 3.8) is 0 Å². The summed E-state index contributed by atoms with van der Waals surface area (Å²) < 4.78 is 5.17. The number of nitrogens with one attached hydrogen (secondary N) is 2. The van der Waals surface area contributed by atoms with E-state index in [9.17, 15) is 9.90 Å². The molecule has 1 aliphatic heterocycles. The minimum atomic E-state index is -0.358. The molecule has 0 bridgehead atoms. The highest BCUT2D eigenvalue weighted by atomic mass is 16.3. The van der Waals surface area contributed by atoms with E-state index in [2.05, 4.69) is 39.0 Å². The minimum Gasteiger partial charge on any atom is -0.494 e. The van der Waals surface area contributed by atoms with E-state index >= 15 is 0 Å². The average molecular weight is 444 g/mol. The second-order valence-corrected chi connectivity index (χ2v) is 8.50. The Balaban J connectivity index is 1.46. The number of fused-ring (bicyclic) bond motifs is 1. The third-order valence-corrected chi connectivity index (χ3v) is 5.85. The first-order chi connectivity index (χ1) is 16.0. The van der Waals surface area contributed by atoms with Gasteiger partial charge in [-0.05, 0) is 49.7 Å². The van der Waals surface area contributed by atoms with Crippen molar-refractivity contribution in [2.24, 2.45) is 4.99 Å². The lowest BCUT2D eigenvalue weighted by atomic mass is 10.0. The van der Waals surface area contributed by atoms with Crippen LogP contribution in [0.5, 0.6) is 5.88 Å². The summed E-state index contributed by atoms with van der Waals surface area (Å²) in [5.41, 5.74) is 2.49. The van der Waals surface area contributed by atoms with Crippen LogP contribution >= 0.6 is 0 Å². The number of aromatic amines is 1. The van der Waals surface area contributed by atoms with Gasteiger partial charge in [0.15, 0.2) is 0 Å². The van der Waals surface area contributed by atoms with Crippen LogP contribution in [-0.2, 0) is 0 Å². The second-order valence-electron chi connectivity index (χ2n) is 8.50. The molecule has 0 spiro atoms. The second kappa shape index (κ2) is 8.55. The number of aromatic nitrogens is 2. The van der Waals surface area contributed by atoms with Gasteiger partial charge in [-0.25, -0.2) is 4.98 Å². The van der Waals surface area contributed by atoms with Crippen molar-refractivity contribution < 1.29 is 9.52 Å². The molecule has 168 valence electrons. The Morgan fingerprint density at radius 3 is 2.64 bits per heavy atom. The summed E-state index contributed by atoms with van der Waals surface area (Å²) in [6.07, 6.45) is 6.49. The van der Waals surface area contributed by atoms with Crippen LogP contribution in [0.1, 0.15) is 19.4 Å². The lowest BCUT2D eigenvalue weighted by Gasteiger charge is -2.36. The zero-order valence-electron chi connectivity index (χ0n) is 18.4. The first kappa shape index (κ1) is 21.0. The zero-order valence-corrected chi connectivity index (χ0v) is 18.4. The highest BCUT2D eigenvalue weighted by molar-refractivity contribution is 6.03. The van der Waals surface area contributed by atoms with Crippen LogP contribution in [0.3, 0.4) is 0 Å². The van der Waals surface area contributed by atoms with E-state index in [0.29, 0.717) is 34.1 Å². The maximum absolute atomic E-state index is 12.4. The predicted molar refractivity (Wildman–Crippen MR) is 130 cm³/mol. The molecule has 2 atom stereocenters. The quantitative estimate of drug-likeness (QED) is 0.414. The summed E-state index contributed by atoms with van der Waals surface area (Å²) in [7, 11) is 0. The van der Waals surface area contributed by atoms with Crippen LogP contribution in [-0.4, -0.2) is 46.5 Å². The van der Waals surface area contributed by atoms with Gasteiger partial charge >= 0.3 is 0 Å². The van der Waals surface area contributed by atoms with Crippen LogP contribution in [0.2, 0.25) is 0 Å². The number of furan rings is 1. The van der Waals surface area contributed by atoms with Crippen molar-refractivity contribution in [1.82, 2.24) is 15.3 Å². The number of aromatic hydroxyl groups is 1. The fraction of sp³-hybridized carbons (Fsp3) is 0.240. The lowest BCUT2D eigenvalue weighted by Crippen LogP contribution is -2.54. The van der Waals surface area contributed by atoms with Crippen molar-refractivity contribution >= 4 is 28.5 Å². The highest BCUT2D eigenvalue weighted by Crippen LogP contribution is 2.28. The Morgan fingerprint density at radius 2 is 1.94 bits per heavy atom. The molecule has 4 heterocycles. The standard InChI is InChI=1S/C25H25N5O3/c1-15-12-30(13-16(2)28-15)23-6-4-19(10-27-23)26-11-22-21-9-17(18-7-8-33-14-18)3-5-20(21)24(31)29-25(22)32/h3-11,14-16,28H,12-13H2,1-2H3,(H2,29,31,32)/t15-,16+. The number of aliphatic imine (C=N–C) groups is 1. The lowest BCUT2D eigenvalue weighted by molar-refractivity contribution is 0.405. The first-order valence-electron chi connectivity index (χ1n) is 10.9. The van der Waals surface area contributed by atoms with Crippen molar-refractivity contribution in [2.75, 3.05) is 18.0 Å². The molecule has 1 fully saturated rings. The Bertz CT molecular complexity index is 1350.